The molecule has 4 aromatic rings. The van der Waals surface area contributed by atoms with Crippen molar-refractivity contribution in [2.24, 2.45) is 0 Å². The lowest BCUT2D eigenvalue weighted by molar-refractivity contribution is -0.269. The third kappa shape index (κ3) is 3.89. The molecule has 1 unspecified atom stereocenters. The summed E-state index contributed by atoms with van der Waals surface area (Å²) >= 11 is 0. The smallest absolute Gasteiger partial charge is 0.384 e. The molecule has 3 N–H and O–H groups in total. The zero-order chi connectivity index (χ0) is 23.1. The van der Waals surface area contributed by atoms with E-state index in [1.807, 2.05) is 6.07 Å². The molecule has 0 aliphatic heterocycles. The molecule has 0 aliphatic carbocycles. The van der Waals surface area contributed by atoms with Gasteiger partial charge in [0.1, 0.15) is 17.3 Å². The van der Waals surface area contributed by atoms with Gasteiger partial charge in [-0.3, -0.25) is 0 Å². The van der Waals surface area contributed by atoms with Crippen LogP contribution in [0.1, 0.15) is 24.6 Å². The Morgan fingerprint density at radius 2 is 1.78 bits per heavy atom. The summed E-state index contributed by atoms with van der Waals surface area (Å²) in [4.78, 5) is 4.34. The van der Waals surface area contributed by atoms with E-state index in [4.69, 9.17) is 5.73 Å². The summed E-state index contributed by atoms with van der Waals surface area (Å²) in [7, 11) is 0. The van der Waals surface area contributed by atoms with Gasteiger partial charge < -0.3 is 10.8 Å². The number of nitrogens with zero attached hydrogens (tertiary/aromatic N) is 4. The molecule has 166 valence electrons. The maximum absolute atomic E-state index is 13.3. The number of aromatic nitrogens is 4. The summed E-state index contributed by atoms with van der Waals surface area (Å²) in [5.41, 5.74) is 5.15. The van der Waals surface area contributed by atoms with Crippen molar-refractivity contribution < 1.29 is 22.7 Å². The number of aliphatic hydroxyl groups is 1. The molecule has 4 rings (SSSR count). The number of hydrogen-bond donors (Lipinski definition) is 2. The molecule has 10 heteroatoms. The Bertz CT molecular complexity index is 1270. The van der Waals surface area contributed by atoms with E-state index in [0.29, 0.717) is 11.1 Å². The van der Waals surface area contributed by atoms with Gasteiger partial charge in [0.25, 0.3) is 0 Å². The molecule has 0 saturated heterocycles. The van der Waals surface area contributed by atoms with Gasteiger partial charge >= 0.3 is 6.18 Å². The Balaban J connectivity index is 1.67. The zero-order valence-corrected chi connectivity index (χ0v) is 16.9. The highest BCUT2D eigenvalue weighted by molar-refractivity contribution is 5.96. The first-order chi connectivity index (χ1) is 15.1. The number of fused-ring (bicyclic) bond motifs is 1. The number of rotatable bonds is 5. The normalized spacial score (nSPS) is 13.9. The van der Waals surface area contributed by atoms with Gasteiger partial charge in [-0.25, -0.2) is 14.1 Å². The van der Waals surface area contributed by atoms with Crippen molar-refractivity contribution in [1.82, 2.24) is 20.0 Å². The van der Waals surface area contributed by atoms with E-state index in [1.165, 1.54) is 23.7 Å². The van der Waals surface area contributed by atoms with Crippen LogP contribution in [0.25, 0.3) is 22.0 Å². The van der Waals surface area contributed by atoms with Crippen molar-refractivity contribution in [2.45, 2.75) is 31.7 Å². The van der Waals surface area contributed by atoms with Crippen LogP contribution in [0.2, 0.25) is 0 Å². The van der Waals surface area contributed by atoms with Crippen molar-refractivity contribution in [1.29, 1.82) is 0 Å². The summed E-state index contributed by atoms with van der Waals surface area (Å²) in [5.74, 6) is -0.0785. The van der Waals surface area contributed by atoms with Crippen LogP contribution in [-0.2, 0) is 12.1 Å². The van der Waals surface area contributed by atoms with Gasteiger partial charge in [-0.2, -0.15) is 13.2 Å². The van der Waals surface area contributed by atoms with Crippen LogP contribution in [0.15, 0.2) is 54.7 Å². The van der Waals surface area contributed by atoms with Gasteiger partial charge in [0.2, 0.25) is 5.60 Å². The van der Waals surface area contributed by atoms with Crippen LogP contribution in [0, 0.1) is 5.82 Å². The molecule has 0 amide bonds. The van der Waals surface area contributed by atoms with Crippen LogP contribution in [-0.4, -0.2) is 31.3 Å². The molecule has 0 spiro atoms. The molecule has 2 heterocycles. The summed E-state index contributed by atoms with van der Waals surface area (Å²) in [6.45, 7) is 1.34. The fourth-order valence-corrected chi connectivity index (χ4v) is 3.54. The average molecular weight is 445 g/mol. The number of hydrogen-bond acceptors (Lipinski definition) is 5. The topological polar surface area (TPSA) is 89.8 Å². The van der Waals surface area contributed by atoms with Crippen molar-refractivity contribution in [3.63, 3.8) is 0 Å². The lowest BCUT2D eigenvalue weighted by atomic mass is 9.96. The lowest BCUT2D eigenvalue weighted by Gasteiger charge is -2.26. The van der Waals surface area contributed by atoms with Crippen LogP contribution in [0.5, 0.6) is 0 Å². The van der Waals surface area contributed by atoms with E-state index >= 15 is 0 Å². The van der Waals surface area contributed by atoms with Crippen LogP contribution < -0.4 is 5.73 Å². The van der Waals surface area contributed by atoms with Gasteiger partial charge in [-0.1, -0.05) is 36.4 Å². The molecular weight excluding hydrogens is 426 g/mol. The number of nitrogen functional groups attached to an aromatic ring is 1. The van der Waals surface area contributed by atoms with Crippen molar-refractivity contribution in [3.05, 3.63) is 71.8 Å². The summed E-state index contributed by atoms with van der Waals surface area (Å²) < 4.78 is 54.3. The molecule has 0 radical (unpaired) electrons. The van der Waals surface area contributed by atoms with Gasteiger partial charge in [-0.05, 0) is 47.4 Å². The lowest BCUT2D eigenvalue weighted by Crippen LogP contribution is -2.42. The third-order valence-corrected chi connectivity index (χ3v) is 5.34. The Hall–Kier alpha value is -3.53. The number of pyridine rings is 1. The molecular formula is C22H19F4N5O. The van der Waals surface area contributed by atoms with E-state index in [2.05, 4.69) is 15.3 Å². The number of halogens is 4. The van der Waals surface area contributed by atoms with E-state index < -0.39 is 23.9 Å². The van der Waals surface area contributed by atoms with E-state index in [1.54, 1.807) is 30.3 Å². The summed E-state index contributed by atoms with van der Waals surface area (Å²) in [6.07, 6.45) is -4.37. The second-order valence-electron chi connectivity index (χ2n) is 7.47. The monoisotopic (exact) mass is 445 g/mol. The molecule has 1 atom stereocenters. The highest BCUT2D eigenvalue weighted by Gasteiger charge is 2.55. The van der Waals surface area contributed by atoms with E-state index in [0.717, 1.165) is 22.7 Å². The van der Waals surface area contributed by atoms with Gasteiger partial charge in [-0.15, -0.1) is 5.10 Å². The van der Waals surface area contributed by atoms with Gasteiger partial charge in [0.05, 0.1) is 18.3 Å². The molecule has 0 bridgehead atoms. The van der Waals surface area contributed by atoms with E-state index in [9.17, 15) is 22.7 Å². The molecule has 2 aromatic heterocycles. The molecule has 2 aromatic carbocycles. The summed E-state index contributed by atoms with van der Waals surface area (Å²) in [5, 5.41) is 18.1. The largest absolute Gasteiger partial charge is 0.423 e. The van der Waals surface area contributed by atoms with Gasteiger partial charge in [0.15, 0.2) is 0 Å². The second kappa shape index (κ2) is 7.86. The fourth-order valence-electron chi connectivity index (χ4n) is 3.54. The standard InChI is InChI=1S/C22H19F4N5O/c1-2-21(32,22(24,25)26)19-12-31(30-29-19)11-13-3-8-16-17(10-20(27)28-18(16)9-13)14-4-6-15(23)7-5-14/h3-10,12,32H,2,11H2,1H3,(H2,27,28). The van der Waals surface area contributed by atoms with Crippen LogP contribution in [0.3, 0.4) is 0 Å². The first kappa shape index (κ1) is 21.7. The predicted molar refractivity (Wildman–Crippen MR) is 111 cm³/mol. The molecule has 6 nitrogen and oxygen atoms in total. The van der Waals surface area contributed by atoms with Crippen molar-refractivity contribution in [2.75, 3.05) is 5.73 Å². The van der Waals surface area contributed by atoms with Crippen LogP contribution >= 0.6 is 0 Å². The summed E-state index contributed by atoms with van der Waals surface area (Å²) in [6, 6.07) is 13.0. The van der Waals surface area contributed by atoms with E-state index in [-0.39, 0.29) is 18.2 Å². The molecule has 0 fully saturated rings. The number of alkyl halides is 3. The highest BCUT2D eigenvalue weighted by Crippen LogP contribution is 2.40. The fraction of sp³-hybridized carbons (Fsp3) is 0.227. The first-order valence-electron chi connectivity index (χ1n) is 9.75. The van der Waals surface area contributed by atoms with Crippen molar-refractivity contribution in [3.8, 4) is 11.1 Å². The number of nitrogens with two attached hydrogens (primary N) is 1. The quantitative estimate of drug-likeness (QED) is 0.444. The van der Waals surface area contributed by atoms with Crippen molar-refractivity contribution >= 4 is 16.7 Å². The van der Waals surface area contributed by atoms with Gasteiger partial charge in [0, 0.05) is 5.39 Å². The Kier molecular flexibility index (Phi) is 5.33. The minimum Gasteiger partial charge on any atom is -0.384 e. The molecule has 0 saturated carbocycles. The first-order valence-corrected chi connectivity index (χ1v) is 9.75. The Morgan fingerprint density at radius 1 is 1.06 bits per heavy atom. The highest BCUT2D eigenvalue weighted by atomic mass is 19.4. The maximum atomic E-state index is 13.3. The molecule has 32 heavy (non-hydrogen) atoms. The predicted octanol–water partition coefficient (Wildman–Crippen LogP) is 4.42. The minimum absolute atomic E-state index is 0.114. The minimum atomic E-state index is -4.87. The third-order valence-electron chi connectivity index (χ3n) is 5.34. The Morgan fingerprint density at radius 3 is 2.44 bits per heavy atom. The number of benzene rings is 2. The SMILES string of the molecule is CCC(O)(c1cn(Cc2ccc3c(-c4ccc(F)cc4)cc(N)nc3c2)nn1)C(F)(F)F. The average Bonchev–Trinajstić information content (AvgIpc) is 3.21. The second-order valence-corrected chi connectivity index (χ2v) is 7.47. The number of anilines is 1. The van der Waals surface area contributed by atoms with Crippen LogP contribution in [0.4, 0.5) is 23.4 Å². The zero-order valence-electron chi connectivity index (χ0n) is 16.9. The Labute approximate surface area is 180 Å². The maximum Gasteiger partial charge on any atom is 0.423 e. The molecule has 0 aliphatic rings.